The van der Waals surface area contributed by atoms with Crippen LogP contribution in [0.5, 0.6) is 0 Å². The van der Waals surface area contributed by atoms with Crippen molar-refractivity contribution in [2.45, 2.75) is 52.4 Å². The van der Waals surface area contributed by atoms with Crippen molar-refractivity contribution in [1.82, 2.24) is 45.0 Å². The number of benzene rings is 2. The number of aliphatic hydroxyl groups excluding tert-OH is 3. The molecule has 2 amide bonds. The van der Waals surface area contributed by atoms with Crippen molar-refractivity contribution in [1.29, 1.82) is 0 Å². The highest BCUT2D eigenvalue weighted by Crippen LogP contribution is 2.28. The molecule has 0 bridgehead atoms. The number of rotatable bonds is 9. The summed E-state index contributed by atoms with van der Waals surface area (Å²) in [7, 11) is 0. The van der Waals surface area contributed by atoms with E-state index in [0.717, 1.165) is 133 Å². The lowest BCUT2D eigenvalue weighted by molar-refractivity contribution is -0.129. The van der Waals surface area contributed by atoms with Gasteiger partial charge in [0, 0.05) is 135 Å². The van der Waals surface area contributed by atoms with Crippen LogP contribution in [0.25, 0.3) is 0 Å². The van der Waals surface area contributed by atoms with Crippen LogP contribution in [-0.2, 0) is 9.59 Å². The van der Waals surface area contributed by atoms with E-state index in [1.807, 2.05) is 68.1 Å². The van der Waals surface area contributed by atoms with E-state index in [4.69, 9.17) is 50.7 Å². The molecule has 3 aromatic heterocycles. The molecule has 0 atom stereocenters. The molecule has 0 aliphatic carbocycles. The molecule has 436 valence electrons. The molecule has 10 rings (SSSR count). The van der Waals surface area contributed by atoms with E-state index in [9.17, 15) is 27.9 Å². The minimum absolute atomic E-state index is 0.0543. The molecule has 7 N–H and O–H groups in total. The van der Waals surface area contributed by atoms with Gasteiger partial charge in [-0.25, -0.2) is 33.1 Å². The molecule has 8 heterocycles. The number of nitrogens with two attached hydrogens (primary N) is 1. The second-order valence-electron chi connectivity index (χ2n) is 19.8. The zero-order chi connectivity index (χ0) is 57.6. The number of hydrogen-bond donors (Lipinski definition) is 6. The first-order chi connectivity index (χ1) is 38.5. The Labute approximate surface area is 480 Å². The predicted molar refractivity (Wildman–Crippen MR) is 307 cm³/mol. The number of aliphatic hydroxyl groups is 3. The van der Waals surface area contributed by atoms with Crippen LogP contribution < -0.4 is 36.0 Å². The number of piperidine rings is 3. The largest absolute Gasteiger partial charge is 0.399 e. The van der Waals surface area contributed by atoms with Gasteiger partial charge in [0.25, 0.3) is 0 Å². The number of nitrogens with one attached hydrogen (secondary N) is 2. The van der Waals surface area contributed by atoms with Crippen LogP contribution in [0.4, 0.5) is 53.5 Å². The number of carbonyl (C=O) groups excluding carboxylic acids is 2. The number of nitrogen functional groups attached to an aromatic ring is 1. The van der Waals surface area contributed by atoms with Crippen molar-refractivity contribution in [3.05, 3.63) is 100 Å². The van der Waals surface area contributed by atoms with Crippen LogP contribution in [0.3, 0.4) is 0 Å². The molecule has 0 radical (unpaired) electrons. The number of hydrogen-bond acceptors (Lipinski definition) is 18. The second-order valence-corrected chi connectivity index (χ2v) is 20.8. The Morgan fingerprint density at radius 1 is 0.550 bits per heavy atom. The van der Waals surface area contributed by atoms with Crippen LogP contribution in [-0.4, -0.2) is 178 Å². The lowest BCUT2D eigenvalue weighted by Crippen LogP contribution is -2.48. The minimum atomic E-state index is -0.666. The molecule has 26 heteroatoms. The summed E-state index contributed by atoms with van der Waals surface area (Å²) in [5, 5.41) is 33.1. The first-order valence-electron chi connectivity index (χ1n) is 26.8. The second kappa shape index (κ2) is 32.4. The van der Waals surface area contributed by atoms with Crippen molar-refractivity contribution in [3.8, 4) is 0 Å². The van der Waals surface area contributed by atoms with Gasteiger partial charge in [0.1, 0.15) is 0 Å². The smallest absolute Gasteiger partial charge is 0.229 e. The molecule has 5 aliphatic rings. The van der Waals surface area contributed by atoms with E-state index in [-0.39, 0.29) is 52.5 Å². The molecule has 5 fully saturated rings. The molecule has 5 saturated heterocycles. The fourth-order valence-electron chi connectivity index (χ4n) is 9.37. The summed E-state index contributed by atoms with van der Waals surface area (Å²) in [5.41, 5.74) is 9.53. The highest BCUT2D eigenvalue weighted by molar-refractivity contribution is 6.31. The van der Waals surface area contributed by atoms with Gasteiger partial charge in [0.05, 0.1) is 18.6 Å². The Morgan fingerprint density at radius 3 is 1.36 bits per heavy atom. The molecular weight excluding hydrogens is 1100 g/mol. The van der Waals surface area contributed by atoms with Crippen LogP contribution in [0, 0.1) is 35.2 Å². The van der Waals surface area contributed by atoms with Crippen molar-refractivity contribution >= 4 is 87.0 Å². The summed E-state index contributed by atoms with van der Waals surface area (Å²) in [6, 6.07) is 15.8. The van der Waals surface area contributed by atoms with E-state index < -0.39 is 17.5 Å². The maximum Gasteiger partial charge on any atom is 0.229 e. The number of aromatic nitrogens is 6. The average Bonchev–Trinajstić information content (AvgIpc) is 3.49. The molecule has 80 heavy (non-hydrogen) atoms. The van der Waals surface area contributed by atoms with Gasteiger partial charge in [-0.15, -0.1) is 0 Å². The Balaban J connectivity index is 0.000000178. The molecule has 0 unspecified atom stereocenters. The summed E-state index contributed by atoms with van der Waals surface area (Å²) in [5.74, 6) is 0.817. The third-order valence-corrected chi connectivity index (χ3v) is 15.0. The van der Waals surface area contributed by atoms with E-state index in [0.29, 0.717) is 56.4 Å². The summed E-state index contributed by atoms with van der Waals surface area (Å²) >= 11 is 16.1. The summed E-state index contributed by atoms with van der Waals surface area (Å²) in [6.45, 7) is 15.4. The maximum atomic E-state index is 14.3. The SMILES string of the molecule is CC(=O)N1CCN(c2ccc(N)cc2)CC1.CC(=O)N1CCN(c2ccc(Nc3ncc(F)c(N4CCC(CO)CC4)n3)cc2)CC1.Fc1cnc(Cl)nc1Cl.OCC1CCN(c2nc(Cl)ncc2F)CC1.OCC1CCNCC1. The normalized spacial score (nSPS) is 17.1. The molecule has 0 saturated carbocycles. The van der Waals surface area contributed by atoms with Gasteiger partial charge in [-0.2, -0.15) is 9.97 Å². The van der Waals surface area contributed by atoms with Gasteiger partial charge in [-0.3, -0.25) is 9.59 Å². The van der Waals surface area contributed by atoms with Crippen molar-refractivity contribution < 1.29 is 38.1 Å². The zero-order valence-electron chi connectivity index (χ0n) is 45.2. The average molecular weight is 1180 g/mol. The molecule has 20 nitrogen and oxygen atoms in total. The highest BCUT2D eigenvalue weighted by Gasteiger charge is 2.25. The standard InChI is InChI=1S/C22H29FN6O2.C12H17N3O.C10H13ClFN3O.C6H13NO.C4HCl2FN2/c1-16(31)27-10-12-28(13-11-27)19-4-2-18(3-5-19)25-22-24-14-20(23)21(26-22)29-8-6-17(15-30)7-9-29;1-10(16)14-6-8-15(9-7-14)12-4-2-11(13)3-5-12;11-10-13-5-8(12)9(14-10)15-3-1-7(6-16)2-4-15;8-5-6-1-3-7-4-2-6;5-3-2(7)1-8-4(6)9-3/h2-5,14,17,30H,6-13,15H2,1H3,(H,24,25,26);2-5H,6-9,13H2,1H3;5,7,16H,1-4,6H2;6-8H,1-5H2;1H. The number of piperazine rings is 2. The molecular formula is C54H73Cl3F3N15O5. The van der Waals surface area contributed by atoms with Gasteiger partial charge < -0.3 is 61.1 Å². The van der Waals surface area contributed by atoms with Crippen LogP contribution >= 0.6 is 34.8 Å². The van der Waals surface area contributed by atoms with Gasteiger partial charge in [-0.1, -0.05) is 11.6 Å². The van der Waals surface area contributed by atoms with E-state index in [2.05, 4.69) is 50.3 Å². The first kappa shape index (κ1) is 63.1. The monoisotopic (exact) mass is 1170 g/mol. The summed E-state index contributed by atoms with van der Waals surface area (Å²) < 4.78 is 40.0. The number of anilines is 7. The molecule has 2 aromatic carbocycles. The predicted octanol–water partition coefficient (Wildman–Crippen LogP) is 6.55. The zero-order valence-corrected chi connectivity index (χ0v) is 47.5. The van der Waals surface area contributed by atoms with Crippen molar-refractivity contribution in [2.75, 3.05) is 142 Å². The Hall–Kier alpha value is -6.08. The Bertz CT molecular complexity index is 2680. The quantitative estimate of drug-likeness (QED) is 0.0521. The van der Waals surface area contributed by atoms with Crippen LogP contribution in [0.15, 0.2) is 67.1 Å². The maximum absolute atomic E-state index is 14.3. The van der Waals surface area contributed by atoms with Gasteiger partial charge >= 0.3 is 0 Å². The Kier molecular flexibility index (Phi) is 25.5. The number of carbonyl (C=O) groups is 2. The molecule has 0 spiro atoms. The van der Waals surface area contributed by atoms with Gasteiger partial charge in [-0.05, 0) is 141 Å². The number of halogens is 6. The first-order valence-corrected chi connectivity index (χ1v) is 28.0. The van der Waals surface area contributed by atoms with Gasteiger partial charge in [0.15, 0.2) is 34.2 Å². The van der Waals surface area contributed by atoms with Gasteiger partial charge in [0.2, 0.25) is 28.3 Å². The van der Waals surface area contributed by atoms with E-state index in [1.165, 1.54) is 11.9 Å². The summed E-state index contributed by atoms with van der Waals surface area (Å²) in [4.78, 5) is 57.3. The highest BCUT2D eigenvalue weighted by atomic mass is 35.5. The van der Waals surface area contributed by atoms with E-state index in [1.54, 1.807) is 13.8 Å². The fraction of sp³-hybridized carbons (Fsp3) is 0.519. The van der Waals surface area contributed by atoms with Crippen molar-refractivity contribution in [2.24, 2.45) is 17.8 Å². The van der Waals surface area contributed by atoms with Crippen LogP contribution in [0.2, 0.25) is 15.7 Å². The Morgan fingerprint density at radius 2 is 0.950 bits per heavy atom. The van der Waals surface area contributed by atoms with Crippen molar-refractivity contribution in [3.63, 3.8) is 0 Å². The number of amides is 2. The number of nitrogens with zero attached hydrogens (tertiary/aromatic N) is 12. The topological polar surface area (TPSA) is 242 Å². The van der Waals surface area contributed by atoms with E-state index >= 15 is 0 Å². The van der Waals surface area contributed by atoms with Crippen LogP contribution in [0.1, 0.15) is 52.4 Å². The lowest BCUT2D eigenvalue weighted by Gasteiger charge is -2.35. The fourth-order valence-corrected chi connectivity index (χ4v) is 9.81. The summed E-state index contributed by atoms with van der Waals surface area (Å²) in [6.07, 6.45) is 8.84. The minimum Gasteiger partial charge on any atom is -0.399 e. The molecule has 5 aromatic rings. The third-order valence-electron chi connectivity index (χ3n) is 14.4. The lowest BCUT2D eigenvalue weighted by atomic mass is 9.98. The third kappa shape index (κ3) is 19.9. The molecule has 5 aliphatic heterocycles.